The molecule has 2 heterocycles. The van der Waals surface area contributed by atoms with Crippen LogP contribution >= 0.6 is 11.8 Å². The summed E-state index contributed by atoms with van der Waals surface area (Å²) in [7, 11) is 1.77. The number of hydrogen-bond acceptors (Lipinski definition) is 5. The summed E-state index contributed by atoms with van der Waals surface area (Å²) in [6.07, 6.45) is 1.65. The maximum Gasteiger partial charge on any atom is 0.234 e. The zero-order valence-electron chi connectivity index (χ0n) is 13.1. The highest BCUT2D eigenvalue weighted by atomic mass is 32.2. The van der Waals surface area contributed by atoms with Crippen LogP contribution in [-0.2, 0) is 11.8 Å². The van der Waals surface area contributed by atoms with Crippen LogP contribution in [0.3, 0.4) is 0 Å². The van der Waals surface area contributed by atoms with Crippen molar-refractivity contribution in [2.45, 2.75) is 5.16 Å². The number of nitrogens with one attached hydrogen (secondary N) is 1. The summed E-state index contributed by atoms with van der Waals surface area (Å²) in [5, 5.41) is 11.0. The van der Waals surface area contributed by atoms with Gasteiger partial charge < -0.3 is 9.88 Å². The third-order valence-electron chi connectivity index (χ3n) is 3.27. The Kier molecular flexibility index (Phi) is 5.03. The number of benzene rings is 1. The Hall–Kier alpha value is -2.81. The molecule has 0 spiro atoms. The van der Waals surface area contributed by atoms with Gasteiger partial charge in [0.25, 0.3) is 0 Å². The van der Waals surface area contributed by atoms with Crippen molar-refractivity contribution in [2.24, 2.45) is 7.05 Å². The van der Waals surface area contributed by atoms with E-state index in [2.05, 4.69) is 20.5 Å². The van der Waals surface area contributed by atoms with E-state index in [4.69, 9.17) is 0 Å². The highest BCUT2D eigenvalue weighted by molar-refractivity contribution is 7.99. The molecule has 9 heteroatoms. The fourth-order valence-electron chi connectivity index (χ4n) is 2.07. The largest absolute Gasteiger partial charge is 0.323 e. The van der Waals surface area contributed by atoms with E-state index in [1.165, 1.54) is 6.07 Å². The number of carbonyl (C=O) groups is 1. The molecule has 0 aliphatic rings. The predicted molar refractivity (Wildman–Crippen MR) is 89.9 cm³/mol. The first-order valence-corrected chi connectivity index (χ1v) is 8.21. The van der Waals surface area contributed by atoms with Crippen molar-refractivity contribution in [3.8, 4) is 11.5 Å². The molecule has 3 aromatic rings. The molecule has 1 amide bonds. The van der Waals surface area contributed by atoms with E-state index in [0.29, 0.717) is 22.7 Å². The molecule has 1 N–H and O–H groups in total. The van der Waals surface area contributed by atoms with Gasteiger partial charge in [-0.15, -0.1) is 10.2 Å². The molecule has 0 aliphatic carbocycles. The maximum atomic E-state index is 13.5. The van der Waals surface area contributed by atoms with E-state index in [0.717, 1.165) is 17.8 Å². The molecule has 0 radical (unpaired) electrons. The smallest absolute Gasteiger partial charge is 0.234 e. The number of nitrogens with zero attached hydrogens (tertiary/aromatic N) is 4. The van der Waals surface area contributed by atoms with Gasteiger partial charge in [-0.2, -0.15) is 0 Å². The highest BCUT2D eigenvalue weighted by Crippen LogP contribution is 2.21. The summed E-state index contributed by atoms with van der Waals surface area (Å²) in [6.45, 7) is 0. The van der Waals surface area contributed by atoms with Gasteiger partial charge in [-0.3, -0.25) is 9.78 Å². The third-order valence-corrected chi connectivity index (χ3v) is 4.29. The Bertz CT molecular complexity index is 901. The van der Waals surface area contributed by atoms with Crippen molar-refractivity contribution >= 4 is 23.4 Å². The lowest BCUT2D eigenvalue weighted by Crippen LogP contribution is -2.15. The van der Waals surface area contributed by atoms with E-state index in [9.17, 15) is 13.6 Å². The average molecular weight is 361 g/mol. The Balaban J connectivity index is 1.64. The van der Waals surface area contributed by atoms with E-state index in [1.807, 2.05) is 12.1 Å². The van der Waals surface area contributed by atoms with Crippen molar-refractivity contribution in [3.05, 3.63) is 54.2 Å². The summed E-state index contributed by atoms with van der Waals surface area (Å²) >= 11 is 1.15. The average Bonchev–Trinajstić information content (AvgIpc) is 2.97. The standard InChI is InChI=1S/C16H13F2N5OS/c1-23-15(13-4-2-3-7-19-13)21-22-16(23)25-9-14(24)20-12-6-5-10(17)8-11(12)18/h2-8H,9H2,1H3,(H,20,24). The van der Waals surface area contributed by atoms with Gasteiger partial charge in [0.15, 0.2) is 11.0 Å². The summed E-state index contributed by atoms with van der Waals surface area (Å²) in [5.41, 5.74) is 0.598. The van der Waals surface area contributed by atoms with Gasteiger partial charge in [-0.05, 0) is 24.3 Å². The van der Waals surface area contributed by atoms with E-state index < -0.39 is 17.5 Å². The SMILES string of the molecule is Cn1c(SCC(=O)Nc2ccc(F)cc2F)nnc1-c1ccccn1. The normalized spacial score (nSPS) is 10.7. The minimum Gasteiger partial charge on any atom is -0.323 e. The number of hydrogen-bond donors (Lipinski definition) is 1. The first-order chi connectivity index (χ1) is 12.0. The zero-order chi connectivity index (χ0) is 17.8. The highest BCUT2D eigenvalue weighted by Gasteiger charge is 2.14. The van der Waals surface area contributed by atoms with Crippen LogP contribution in [-0.4, -0.2) is 31.4 Å². The monoisotopic (exact) mass is 361 g/mol. The number of pyridine rings is 1. The molecule has 0 fully saturated rings. The Morgan fingerprint density at radius 1 is 1.24 bits per heavy atom. The molecule has 0 bridgehead atoms. The number of amides is 1. The molecule has 1 aromatic carbocycles. The van der Waals surface area contributed by atoms with Crippen LogP contribution in [0.4, 0.5) is 14.5 Å². The number of thioether (sulfide) groups is 1. The van der Waals surface area contributed by atoms with Gasteiger partial charge in [0.05, 0.1) is 11.4 Å². The Morgan fingerprint density at radius 3 is 2.80 bits per heavy atom. The van der Waals surface area contributed by atoms with Gasteiger partial charge in [-0.25, -0.2) is 8.78 Å². The fraction of sp³-hybridized carbons (Fsp3) is 0.125. The quantitative estimate of drug-likeness (QED) is 0.708. The minimum absolute atomic E-state index is 0.00497. The fourth-order valence-corrected chi connectivity index (χ4v) is 2.78. The molecule has 128 valence electrons. The first kappa shape index (κ1) is 17.0. The predicted octanol–water partition coefficient (Wildman–Crippen LogP) is 2.89. The van der Waals surface area contributed by atoms with Crippen molar-refractivity contribution < 1.29 is 13.6 Å². The number of halogens is 2. The zero-order valence-corrected chi connectivity index (χ0v) is 13.9. The molecular formula is C16H13F2N5OS. The van der Waals surface area contributed by atoms with Crippen LogP contribution in [0.2, 0.25) is 0 Å². The van der Waals surface area contributed by atoms with Gasteiger partial charge in [-0.1, -0.05) is 17.8 Å². The van der Waals surface area contributed by atoms with Crippen molar-refractivity contribution in [3.63, 3.8) is 0 Å². The third kappa shape index (κ3) is 4.00. The molecule has 25 heavy (non-hydrogen) atoms. The molecule has 3 rings (SSSR count). The minimum atomic E-state index is -0.825. The van der Waals surface area contributed by atoms with Crippen LogP contribution in [0.5, 0.6) is 0 Å². The molecule has 0 saturated heterocycles. The van der Waals surface area contributed by atoms with Crippen LogP contribution in [0.25, 0.3) is 11.5 Å². The van der Waals surface area contributed by atoms with E-state index >= 15 is 0 Å². The summed E-state index contributed by atoms with van der Waals surface area (Å²) in [4.78, 5) is 16.2. The number of carbonyl (C=O) groups excluding carboxylic acids is 1. The van der Waals surface area contributed by atoms with Crippen molar-refractivity contribution in [1.82, 2.24) is 19.7 Å². The van der Waals surface area contributed by atoms with Gasteiger partial charge in [0.2, 0.25) is 5.91 Å². The molecule has 0 atom stereocenters. The first-order valence-electron chi connectivity index (χ1n) is 7.23. The summed E-state index contributed by atoms with van der Waals surface area (Å²) < 4.78 is 28.1. The van der Waals surface area contributed by atoms with Gasteiger partial charge in [0, 0.05) is 19.3 Å². The van der Waals surface area contributed by atoms with Crippen molar-refractivity contribution in [1.29, 1.82) is 0 Å². The maximum absolute atomic E-state index is 13.5. The molecule has 6 nitrogen and oxygen atoms in total. The lowest BCUT2D eigenvalue weighted by molar-refractivity contribution is -0.113. The number of rotatable bonds is 5. The van der Waals surface area contributed by atoms with Crippen LogP contribution < -0.4 is 5.32 Å². The summed E-state index contributed by atoms with van der Waals surface area (Å²) in [5.74, 6) is -1.38. The lowest BCUT2D eigenvalue weighted by Gasteiger charge is -2.06. The van der Waals surface area contributed by atoms with Gasteiger partial charge >= 0.3 is 0 Å². The second-order valence-electron chi connectivity index (χ2n) is 5.04. The Morgan fingerprint density at radius 2 is 2.08 bits per heavy atom. The molecular weight excluding hydrogens is 348 g/mol. The van der Waals surface area contributed by atoms with Crippen LogP contribution in [0, 0.1) is 11.6 Å². The number of aromatic nitrogens is 4. The van der Waals surface area contributed by atoms with Crippen molar-refractivity contribution in [2.75, 3.05) is 11.1 Å². The van der Waals surface area contributed by atoms with Crippen LogP contribution in [0.1, 0.15) is 0 Å². The molecule has 0 aliphatic heterocycles. The van der Waals surface area contributed by atoms with Crippen LogP contribution in [0.15, 0.2) is 47.8 Å². The summed E-state index contributed by atoms with van der Waals surface area (Å²) in [6, 6.07) is 8.42. The molecule has 2 aromatic heterocycles. The second kappa shape index (κ2) is 7.39. The molecule has 0 unspecified atom stereocenters. The molecule has 0 saturated carbocycles. The van der Waals surface area contributed by atoms with E-state index in [-0.39, 0.29) is 11.4 Å². The second-order valence-corrected chi connectivity index (χ2v) is 5.98. The van der Waals surface area contributed by atoms with E-state index in [1.54, 1.807) is 23.9 Å². The number of anilines is 1. The van der Waals surface area contributed by atoms with Gasteiger partial charge in [0.1, 0.15) is 17.3 Å². The lowest BCUT2D eigenvalue weighted by atomic mass is 10.3. The Labute approximate surface area is 146 Å². The topological polar surface area (TPSA) is 72.7 Å².